The molecule has 0 saturated carbocycles. The molecule has 5 rings (SSSR count). The monoisotopic (exact) mass is 635 g/mol. The zero-order valence-electron chi connectivity index (χ0n) is 26.3. The fourth-order valence-corrected chi connectivity index (χ4v) is 5.53. The number of amides is 1. The van der Waals surface area contributed by atoms with Crippen LogP contribution in [0.3, 0.4) is 0 Å². The SMILES string of the molecule is COc1ccc(CNC(=O)[C@]2(Cc3ccccc3)N=C(c3ccc(OCCCO)cc3)O[C@@H]2c2ccccc2CN=[N+]=[N-])c(OC)c1. The Morgan fingerprint density at radius 2 is 1.72 bits per heavy atom. The van der Waals surface area contributed by atoms with Crippen LogP contribution in [0.4, 0.5) is 0 Å². The van der Waals surface area contributed by atoms with Gasteiger partial charge >= 0.3 is 0 Å². The Morgan fingerprint density at radius 3 is 2.45 bits per heavy atom. The summed E-state index contributed by atoms with van der Waals surface area (Å²) < 4.78 is 23.3. The second kappa shape index (κ2) is 15.7. The average molecular weight is 636 g/mol. The molecule has 0 unspecified atom stereocenters. The van der Waals surface area contributed by atoms with E-state index in [9.17, 15) is 4.79 Å². The van der Waals surface area contributed by atoms with E-state index in [1.54, 1.807) is 32.4 Å². The predicted octanol–water partition coefficient (Wildman–Crippen LogP) is 6.09. The van der Waals surface area contributed by atoms with Gasteiger partial charge in [0.2, 0.25) is 5.90 Å². The number of carbonyl (C=O) groups is 1. The largest absolute Gasteiger partial charge is 0.497 e. The van der Waals surface area contributed by atoms with Gasteiger partial charge in [0.25, 0.3) is 5.91 Å². The number of methoxy groups -OCH3 is 2. The third-order valence-electron chi connectivity index (χ3n) is 7.92. The Hall–Kier alpha value is -5.51. The van der Waals surface area contributed by atoms with Crippen molar-refractivity contribution >= 4 is 11.8 Å². The van der Waals surface area contributed by atoms with E-state index in [1.807, 2.05) is 78.9 Å². The molecule has 0 bridgehead atoms. The number of benzene rings is 4. The van der Waals surface area contributed by atoms with E-state index in [0.29, 0.717) is 47.3 Å². The van der Waals surface area contributed by atoms with E-state index in [-0.39, 0.29) is 32.0 Å². The zero-order valence-corrected chi connectivity index (χ0v) is 26.3. The maximum atomic E-state index is 14.7. The van der Waals surface area contributed by atoms with Crippen molar-refractivity contribution in [3.05, 3.63) is 135 Å². The van der Waals surface area contributed by atoms with Crippen LogP contribution in [0.2, 0.25) is 0 Å². The number of nitrogens with zero attached hydrogens (tertiary/aromatic N) is 4. The Kier molecular flexibility index (Phi) is 11.0. The van der Waals surface area contributed by atoms with Crippen molar-refractivity contribution in [2.24, 2.45) is 10.1 Å². The third kappa shape index (κ3) is 7.66. The molecule has 4 aromatic rings. The van der Waals surface area contributed by atoms with Gasteiger partial charge in [0.15, 0.2) is 11.6 Å². The smallest absolute Gasteiger partial charge is 0.252 e. The quantitative estimate of drug-likeness (QED) is 0.0699. The number of azide groups is 1. The minimum absolute atomic E-state index is 0.0437. The lowest BCUT2D eigenvalue weighted by Gasteiger charge is -2.32. The molecule has 2 N–H and O–H groups in total. The van der Waals surface area contributed by atoms with Crippen LogP contribution >= 0.6 is 0 Å². The molecule has 0 saturated heterocycles. The van der Waals surface area contributed by atoms with E-state index in [4.69, 9.17) is 34.6 Å². The first-order chi connectivity index (χ1) is 23.0. The Bertz CT molecular complexity index is 1740. The van der Waals surface area contributed by atoms with Gasteiger partial charge in [0.1, 0.15) is 17.2 Å². The highest BCUT2D eigenvalue weighted by molar-refractivity contribution is 6.01. The molecule has 11 nitrogen and oxygen atoms in total. The number of aliphatic hydroxyl groups excluding tert-OH is 1. The summed E-state index contributed by atoms with van der Waals surface area (Å²) in [5.74, 6) is 1.80. The first-order valence-electron chi connectivity index (χ1n) is 15.2. The minimum Gasteiger partial charge on any atom is -0.497 e. The first-order valence-corrected chi connectivity index (χ1v) is 15.2. The molecule has 2 atom stereocenters. The van der Waals surface area contributed by atoms with Gasteiger partial charge in [-0.25, -0.2) is 4.99 Å². The van der Waals surface area contributed by atoms with E-state index >= 15 is 0 Å². The molecule has 0 aromatic heterocycles. The Labute approximate surface area is 273 Å². The zero-order chi connectivity index (χ0) is 33.1. The van der Waals surface area contributed by atoms with Gasteiger partial charge in [-0.1, -0.05) is 59.7 Å². The molecule has 0 aliphatic carbocycles. The molecule has 4 aromatic carbocycles. The molecule has 0 fully saturated rings. The lowest BCUT2D eigenvalue weighted by Crippen LogP contribution is -2.50. The summed E-state index contributed by atoms with van der Waals surface area (Å²) in [6.07, 6.45) is -0.110. The number of aliphatic hydroxyl groups is 1. The molecule has 1 amide bonds. The molecule has 1 aliphatic rings. The van der Waals surface area contributed by atoms with Crippen molar-refractivity contribution in [2.75, 3.05) is 27.4 Å². The number of ether oxygens (including phenoxy) is 4. The molecule has 0 radical (unpaired) electrons. The van der Waals surface area contributed by atoms with Crippen LogP contribution in [0.5, 0.6) is 17.2 Å². The van der Waals surface area contributed by atoms with E-state index in [2.05, 4.69) is 15.3 Å². The van der Waals surface area contributed by atoms with Gasteiger partial charge in [-0.05, 0) is 58.6 Å². The third-order valence-corrected chi connectivity index (χ3v) is 7.92. The average Bonchev–Trinajstić information content (AvgIpc) is 3.50. The maximum absolute atomic E-state index is 14.7. The molecule has 1 aliphatic heterocycles. The van der Waals surface area contributed by atoms with Crippen molar-refractivity contribution in [3.63, 3.8) is 0 Å². The van der Waals surface area contributed by atoms with E-state index < -0.39 is 11.6 Å². The highest BCUT2D eigenvalue weighted by Gasteiger charge is 2.53. The number of aliphatic imine (C=N–C) groups is 1. The van der Waals surface area contributed by atoms with Gasteiger partial charge in [0.05, 0.1) is 27.4 Å². The number of nitrogens with one attached hydrogen (secondary N) is 1. The Morgan fingerprint density at radius 1 is 0.979 bits per heavy atom. The van der Waals surface area contributed by atoms with E-state index in [1.165, 1.54) is 0 Å². The lowest BCUT2D eigenvalue weighted by molar-refractivity contribution is -0.129. The standard InChI is InChI=1S/C36H37N5O6/c1-44-30-18-15-28(32(21-30)45-2)23-38-35(43)36(22-25-9-4-3-5-10-25)33(31-12-7-6-11-27(31)24-39-41-37)47-34(40-36)26-13-16-29(17-14-26)46-20-8-19-42/h3-7,9-18,21,33,42H,8,19-20,22-24H2,1-2H3,(H,38,43)/t33-,36-/m1/s1. The highest BCUT2D eigenvalue weighted by Crippen LogP contribution is 2.44. The van der Waals surface area contributed by atoms with Crippen LogP contribution in [-0.4, -0.2) is 49.9 Å². The molecule has 0 spiro atoms. The number of hydrogen-bond donors (Lipinski definition) is 2. The molecule has 242 valence electrons. The Balaban J connectivity index is 1.59. The summed E-state index contributed by atoms with van der Waals surface area (Å²) in [6.45, 7) is 0.674. The van der Waals surface area contributed by atoms with Crippen LogP contribution in [0.25, 0.3) is 10.4 Å². The van der Waals surface area contributed by atoms with Gasteiger partial charge < -0.3 is 29.4 Å². The molecular weight excluding hydrogens is 598 g/mol. The molecule has 1 heterocycles. The predicted molar refractivity (Wildman–Crippen MR) is 178 cm³/mol. The number of rotatable bonds is 15. The first kappa shape index (κ1) is 32.9. The lowest BCUT2D eigenvalue weighted by atomic mass is 9.80. The van der Waals surface area contributed by atoms with Crippen molar-refractivity contribution in [1.29, 1.82) is 0 Å². The molecular formula is C36H37N5O6. The summed E-state index contributed by atoms with van der Waals surface area (Å²) in [6, 6.07) is 29.8. The topological polar surface area (TPSA) is 147 Å². The van der Waals surface area contributed by atoms with Gasteiger partial charge in [-0.3, -0.25) is 4.79 Å². The second-order valence-corrected chi connectivity index (χ2v) is 10.9. The van der Waals surface area contributed by atoms with Crippen LogP contribution in [0.15, 0.2) is 107 Å². The fourth-order valence-electron chi connectivity index (χ4n) is 5.53. The van der Waals surface area contributed by atoms with Crippen LogP contribution < -0.4 is 19.5 Å². The van der Waals surface area contributed by atoms with Crippen molar-refractivity contribution in [1.82, 2.24) is 5.32 Å². The van der Waals surface area contributed by atoms with Gasteiger partial charge in [-0.2, -0.15) is 0 Å². The maximum Gasteiger partial charge on any atom is 0.252 e. The van der Waals surface area contributed by atoms with Crippen molar-refractivity contribution in [3.8, 4) is 17.2 Å². The van der Waals surface area contributed by atoms with Crippen molar-refractivity contribution in [2.45, 2.75) is 37.6 Å². The number of carbonyl (C=O) groups excluding carboxylic acids is 1. The second-order valence-electron chi connectivity index (χ2n) is 10.9. The van der Waals surface area contributed by atoms with Gasteiger partial charge in [0, 0.05) is 48.1 Å². The van der Waals surface area contributed by atoms with Gasteiger partial charge in [-0.15, -0.1) is 0 Å². The molecule has 47 heavy (non-hydrogen) atoms. The summed E-state index contributed by atoms with van der Waals surface area (Å²) in [5, 5.41) is 16.0. The number of hydrogen-bond acceptors (Lipinski definition) is 8. The van der Waals surface area contributed by atoms with Crippen molar-refractivity contribution < 1.29 is 28.8 Å². The highest BCUT2D eigenvalue weighted by atomic mass is 16.5. The molecule has 11 heteroatoms. The van der Waals surface area contributed by atoms with Crippen LogP contribution in [0.1, 0.15) is 40.3 Å². The normalized spacial score (nSPS) is 16.7. The summed E-state index contributed by atoms with van der Waals surface area (Å²) in [4.78, 5) is 22.7. The summed E-state index contributed by atoms with van der Waals surface area (Å²) in [5.41, 5.74) is 11.4. The summed E-state index contributed by atoms with van der Waals surface area (Å²) in [7, 11) is 3.15. The van der Waals surface area contributed by atoms with Crippen LogP contribution in [-0.2, 0) is 29.0 Å². The fraction of sp³-hybridized carbons (Fsp3) is 0.278. The summed E-state index contributed by atoms with van der Waals surface area (Å²) >= 11 is 0. The van der Waals surface area contributed by atoms with E-state index in [0.717, 1.165) is 16.7 Å². The minimum atomic E-state index is -1.45. The van der Waals surface area contributed by atoms with Crippen LogP contribution in [0, 0.1) is 0 Å².